The van der Waals surface area contributed by atoms with Gasteiger partial charge in [-0.2, -0.15) is 0 Å². The summed E-state index contributed by atoms with van der Waals surface area (Å²) in [4.78, 5) is 2.49. The van der Waals surface area contributed by atoms with Crippen molar-refractivity contribution < 1.29 is 4.74 Å². The first-order valence-corrected chi connectivity index (χ1v) is 6.37. The normalized spacial score (nSPS) is 23.2. The minimum atomic E-state index is 0.717. The molecule has 0 bridgehead atoms. The fourth-order valence-electron chi connectivity index (χ4n) is 2.09. The topological polar surface area (TPSA) is 38.5 Å². The molecule has 0 aromatic rings. The van der Waals surface area contributed by atoms with E-state index in [1.54, 1.807) is 0 Å². The van der Waals surface area contributed by atoms with E-state index in [4.69, 9.17) is 10.5 Å². The Hall–Kier alpha value is -0.120. The highest BCUT2D eigenvalue weighted by molar-refractivity contribution is 4.73. The van der Waals surface area contributed by atoms with Crippen molar-refractivity contribution in [2.24, 2.45) is 11.7 Å². The standard InChI is InChI=1S/C12H26N2O/c1-2-3-8-15-9-7-14-6-4-5-12(10-13)11-14/h12H,2-11,13H2,1H3. The quantitative estimate of drug-likeness (QED) is 0.652. The fraction of sp³-hybridized carbons (Fsp3) is 1.00. The third kappa shape index (κ3) is 5.50. The summed E-state index contributed by atoms with van der Waals surface area (Å²) < 4.78 is 5.57. The monoisotopic (exact) mass is 214 g/mol. The summed E-state index contributed by atoms with van der Waals surface area (Å²) >= 11 is 0. The molecule has 1 heterocycles. The van der Waals surface area contributed by atoms with Gasteiger partial charge < -0.3 is 15.4 Å². The second-order valence-corrected chi connectivity index (χ2v) is 4.51. The second kappa shape index (κ2) is 8.08. The maximum Gasteiger partial charge on any atom is 0.0593 e. The Bertz CT molecular complexity index is 153. The third-order valence-electron chi connectivity index (χ3n) is 3.13. The van der Waals surface area contributed by atoms with Crippen LogP contribution >= 0.6 is 0 Å². The number of nitrogens with two attached hydrogens (primary N) is 1. The van der Waals surface area contributed by atoms with Crippen LogP contribution in [-0.4, -0.2) is 44.3 Å². The molecule has 0 aromatic heterocycles. The molecule has 1 saturated heterocycles. The summed E-state index contributed by atoms with van der Waals surface area (Å²) in [5.74, 6) is 0.717. The van der Waals surface area contributed by atoms with Crippen molar-refractivity contribution in [3.05, 3.63) is 0 Å². The fourth-order valence-corrected chi connectivity index (χ4v) is 2.09. The van der Waals surface area contributed by atoms with Gasteiger partial charge in [-0.1, -0.05) is 13.3 Å². The molecule has 1 fully saturated rings. The van der Waals surface area contributed by atoms with E-state index in [-0.39, 0.29) is 0 Å². The van der Waals surface area contributed by atoms with E-state index >= 15 is 0 Å². The Labute approximate surface area is 94.0 Å². The van der Waals surface area contributed by atoms with E-state index in [9.17, 15) is 0 Å². The van der Waals surface area contributed by atoms with Gasteiger partial charge in [-0.25, -0.2) is 0 Å². The maximum atomic E-state index is 5.70. The lowest BCUT2D eigenvalue weighted by molar-refractivity contribution is 0.0844. The van der Waals surface area contributed by atoms with Gasteiger partial charge in [0.15, 0.2) is 0 Å². The van der Waals surface area contributed by atoms with Gasteiger partial charge in [0.1, 0.15) is 0 Å². The lowest BCUT2D eigenvalue weighted by Gasteiger charge is -2.31. The third-order valence-corrected chi connectivity index (χ3v) is 3.13. The van der Waals surface area contributed by atoms with Crippen LogP contribution in [0.5, 0.6) is 0 Å². The Morgan fingerprint density at radius 2 is 2.27 bits per heavy atom. The molecule has 0 aromatic carbocycles. The smallest absolute Gasteiger partial charge is 0.0593 e. The van der Waals surface area contributed by atoms with Gasteiger partial charge >= 0.3 is 0 Å². The van der Waals surface area contributed by atoms with E-state index in [1.165, 1.54) is 38.8 Å². The number of ether oxygens (including phenoxy) is 1. The zero-order chi connectivity index (χ0) is 10.9. The van der Waals surface area contributed by atoms with Gasteiger partial charge in [0.2, 0.25) is 0 Å². The first-order chi connectivity index (χ1) is 7.36. The minimum absolute atomic E-state index is 0.717. The molecule has 3 nitrogen and oxygen atoms in total. The Kier molecular flexibility index (Phi) is 6.98. The van der Waals surface area contributed by atoms with Crippen molar-refractivity contribution in [1.82, 2.24) is 4.90 Å². The van der Waals surface area contributed by atoms with E-state index in [0.29, 0.717) is 0 Å². The van der Waals surface area contributed by atoms with Crippen LogP contribution in [0.15, 0.2) is 0 Å². The molecule has 3 heteroatoms. The lowest BCUT2D eigenvalue weighted by atomic mass is 9.98. The Balaban J connectivity index is 2.00. The van der Waals surface area contributed by atoms with Crippen LogP contribution in [0.2, 0.25) is 0 Å². The van der Waals surface area contributed by atoms with Crippen LogP contribution in [0.4, 0.5) is 0 Å². The predicted octanol–water partition coefficient (Wildman–Crippen LogP) is 1.47. The first kappa shape index (κ1) is 12.9. The summed E-state index contributed by atoms with van der Waals surface area (Å²) in [5.41, 5.74) is 5.70. The van der Waals surface area contributed by atoms with Crippen molar-refractivity contribution >= 4 is 0 Å². The predicted molar refractivity (Wildman–Crippen MR) is 63.9 cm³/mol. The molecular weight excluding hydrogens is 188 g/mol. The highest BCUT2D eigenvalue weighted by Gasteiger charge is 2.17. The number of nitrogens with zero attached hydrogens (tertiary/aromatic N) is 1. The highest BCUT2D eigenvalue weighted by atomic mass is 16.5. The Morgan fingerprint density at radius 1 is 1.40 bits per heavy atom. The summed E-state index contributed by atoms with van der Waals surface area (Å²) in [6, 6.07) is 0. The molecule has 1 aliphatic rings. The molecule has 15 heavy (non-hydrogen) atoms. The summed E-state index contributed by atoms with van der Waals surface area (Å²) in [6.07, 6.45) is 5.02. The van der Waals surface area contributed by atoms with E-state index in [1.807, 2.05) is 0 Å². The van der Waals surface area contributed by atoms with Crippen LogP contribution in [-0.2, 0) is 4.74 Å². The van der Waals surface area contributed by atoms with Crippen LogP contribution in [0.1, 0.15) is 32.6 Å². The minimum Gasteiger partial charge on any atom is -0.380 e. The van der Waals surface area contributed by atoms with Crippen LogP contribution in [0.25, 0.3) is 0 Å². The molecule has 1 unspecified atom stereocenters. The molecular formula is C12H26N2O. The van der Waals surface area contributed by atoms with Gasteiger partial charge in [0, 0.05) is 19.7 Å². The van der Waals surface area contributed by atoms with Crippen molar-refractivity contribution in [2.45, 2.75) is 32.6 Å². The molecule has 0 spiro atoms. The van der Waals surface area contributed by atoms with E-state index in [0.717, 1.165) is 32.2 Å². The number of piperidine rings is 1. The first-order valence-electron chi connectivity index (χ1n) is 6.37. The Morgan fingerprint density at radius 3 is 3.00 bits per heavy atom. The lowest BCUT2D eigenvalue weighted by Crippen LogP contribution is -2.40. The zero-order valence-electron chi connectivity index (χ0n) is 10.1. The molecule has 0 radical (unpaired) electrons. The molecule has 1 aliphatic heterocycles. The summed E-state index contributed by atoms with van der Waals surface area (Å²) in [5, 5.41) is 0. The second-order valence-electron chi connectivity index (χ2n) is 4.51. The van der Waals surface area contributed by atoms with Gasteiger partial charge in [0.05, 0.1) is 6.61 Å². The van der Waals surface area contributed by atoms with Crippen molar-refractivity contribution in [2.75, 3.05) is 39.4 Å². The van der Waals surface area contributed by atoms with E-state index < -0.39 is 0 Å². The molecule has 2 N–H and O–H groups in total. The average Bonchev–Trinajstić information content (AvgIpc) is 2.29. The number of hydrogen-bond acceptors (Lipinski definition) is 3. The molecule has 0 saturated carbocycles. The van der Waals surface area contributed by atoms with Crippen LogP contribution < -0.4 is 5.73 Å². The number of unbranched alkanes of at least 4 members (excludes halogenated alkanes) is 1. The van der Waals surface area contributed by atoms with Gasteiger partial charge in [-0.05, 0) is 38.3 Å². The zero-order valence-corrected chi connectivity index (χ0v) is 10.1. The van der Waals surface area contributed by atoms with Gasteiger partial charge in [0.25, 0.3) is 0 Å². The van der Waals surface area contributed by atoms with Crippen molar-refractivity contribution in [1.29, 1.82) is 0 Å². The van der Waals surface area contributed by atoms with Crippen molar-refractivity contribution in [3.8, 4) is 0 Å². The van der Waals surface area contributed by atoms with Crippen LogP contribution in [0.3, 0.4) is 0 Å². The van der Waals surface area contributed by atoms with Crippen LogP contribution in [0, 0.1) is 5.92 Å². The van der Waals surface area contributed by atoms with Crippen molar-refractivity contribution in [3.63, 3.8) is 0 Å². The molecule has 0 aliphatic carbocycles. The summed E-state index contributed by atoms with van der Waals surface area (Å²) in [6.45, 7) is 8.33. The number of likely N-dealkylation sites (tertiary alicyclic amines) is 1. The number of rotatable bonds is 7. The molecule has 90 valence electrons. The van der Waals surface area contributed by atoms with E-state index in [2.05, 4.69) is 11.8 Å². The average molecular weight is 214 g/mol. The van der Waals surface area contributed by atoms with Gasteiger partial charge in [-0.3, -0.25) is 0 Å². The number of hydrogen-bond donors (Lipinski definition) is 1. The SMILES string of the molecule is CCCCOCCN1CCCC(CN)C1. The molecule has 0 amide bonds. The maximum absolute atomic E-state index is 5.70. The molecule has 1 atom stereocenters. The summed E-state index contributed by atoms with van der Waals surface area (Å²) in [7, 11) is 0. The highest BCUT2D eigenvalue weighted by Crippen LogP contribution is 2.14. The van der Waals surface area contributed by atoms with Gasteiger partial charge in [-0.15, -0.1) is 0 Å². The largest absolute Gasteiger partial charge is 0.380 e. The molecule has 1 rings (SSSR count).